The monoisotopic (exact) mass is 377 g/mol. The molecule has 0 atom stereocenters. The second kappa shape index (κ2) is 8.17. The summed E-state index contributed by atoms with van der Waals surface area (Å²) >= 11 is 0. The van der Waals surface area contributed by atoms with Crippen molar-refractivity contribution in [2.24, 2.45) is 0 Å². The Kier molecular flexibility index (Phi) is 5.90. The summed E-state index contributed by atoms with van der Waals surface area (Å²) in [5, 5.41) is 9.76. The molecule has 0 spiro atoms. The van der Waals surface area contributed by atoms with Crippen molar-refractivity contribution in [1.29, 1.82) is 0 Å². The first-order chi connectivity index (χ1) is 13.0. The molecule has 1 aromatic heterocycles. The van der Waals surface area contributed by atoms with E-state index in [0.29, 0.717) is 5.69 Å². The average Bonchev–Trinajstić information content (AvgIpc) is 2.69. The number of hydrogen-bond donors (Lipinski definition) is 1. The van der Waals surface area contributed by atoms with Crippen molar-refractivity contribution < 1.29 is 9.53 Å². The van der Waals surface area contributed by atoms with Crippen LogP contribution in [0.25, 0.3) is 0 Å². The number of pyridine rings is 1. The first kappa shape index (κ1) is 19.5. The van der Waals surface area contributed by atoms with Crippen molar-refractivity contribution in [1.82, 2.24) is 4.98 Å². The van der Waals surface area contributed by atoms with Gasteiger partial charge in [-0.05, 0) is 28.3 Å². The van der Waals surface area contributed by atoms with Crippen LogP contribution in [0.15, 0.2) is 78.9 Å². The summed E-state index contributed by atoms with van der Waals surface area (Å²) < 4.78 is 6.85. The van der Waals surface area contributed by atoms with E-state index < -0.39 is 15.4 Å². The Labute approximate surface area is 164 Å². The van der Waals surface area contributed by atoms with E-state index in [2.05, 4.69) is 45.0 Å². The average molecular weight is 378 g/mol. The van der Waals surface area contributed by atoms with Crippen molar-refractivity contribution in [2.45, 2.75) is 38.0 Å². The molecule has 0 radical (unpaired) electrons. The van der Waals surface area contributed by atoms with E-state index in [1.165, 1.54) is 0 Å². The molecular formula is C23H27NO2Si. The smallest absolute Gasteiger partial charge is 0.169 e. The van der Waals surface area contributed by atoms with Gasteiger partial charge in [-0.25, -0.2) is 0 Å². The summed E-state index contributed by atoms with van der Waals surface area (Å²) in [5.74, 6) is 0. The molecule has 0 fully saturated rings. The summed E-state index contributed by atoms with van der Waals surface area (Å²) in [5.41, 5.74) is 2.77. The molecule has 0 aliphatic carbocycles. The second-order valence-electron chi connectivity index (χ2n) is 7.93. The minimum atomic E-state index is -0.907. The fourth-order valence-electron chi connectivity index (χ4n) is 3.14. The summed E-state index contributed by atoms with van der Waals surface area (Å²) in [6.45, 7) is 6.57. The SMILES string of the molecule is CC(C)(C)[SiH2]OC(c1ccccc1)(c1ccccc1)c1cccc(CO)n1. The maximum Gasteiger partial charge on any atom is 0.169 e. The largest absolute Gasteiger partial charge is 0.405 e. The number of benzene rings is 2. The van der Waals surface area contributed by atoms with Crippen LogP contribution < -0.4 is 0 Å². The molecule has 0 saturated carbocycles. The lowest BCUT2D eigenvalue weighted by Crippen LogP contribution is -2.37. The third-order valence-electron chi connectivity index (χ3n) is 4.41. The molecule has 0 bridgehead atoms. The van der Waals surface area contributed by atoms with Crippen molar-refractivity contribution in [3.8, 4) is 0 Å². The van der Waals surface area contributed by atoms with Crippen LogP contribution in [0.5, 0.6) is 0 Å². The van der Waals surface area contributed by atoms with Gasteiger partial charge in [0.15, 0.2) is 9.76 Å². The number of aliphatic hydroxyl groups is 1. The lowest BCUT2D eigenvalue weighted by molar-refractivity contribution is 0.151. The summed E-state index contributed by atoms with van der Waals surface area (Å²) in [6.07, 6.45) is 0. The van der Waals surface area contributed by atoms with Gasteiger partial charge in [0.2, 0.25) is 0 Å². The van der Waals surface area contributed by atoms with Crippen LogP contribution in [0.4, 0.5) is 0 Å². The number of rotatable bonds is 6. The van der Waals surface area contributed by atoms with E-state index in [4.69, 9.17) is 9.41 Å². The topological polar surface area (TPSA) is 42.4 Å². The van der Waals surface area contributed by atoms with Crippen molar-refractivity contribution in [3.05, 3.63) is 101 Å². The lowest BCUT2D eigenvalue weighted by Gasteiger charge is -2.37. The lowest BCUT2D eigenvalue weighted by atomic mass is 9.83. The zero-order chi connectivity index (χ0) is 19.3. The number of aliphatic hydroxyl groups excluding tert-OH is 1. The van der Waals surface area contributed by atoms with Crippen LogP contribution in [0.1, 0.15) is 43.3 Å². The molecule has 1 heterocycles. The van der Waals surface area contributed by atoms with E-state index in [9.17, 15) is 5.11 Å². The Morgan fingerprint density at radius 1 is 0.815 bits per heavy atom. The number of nitrogens with zero attached hydrogens (tertiary/aromatic N) is 1. The Morgan fingerprint density at radius 3 is 1.85 bits per heavy atom. The molecular weight excluding hydrogens is 350 g/mol. The Balaban J connectivity index is 2.27. The molecule has 0 saturated heterocycles. The Morgan fingerprint density at radius 2 is 1.37 bits per heavy atom. The Hall–Kier alpha value is -2.27. The molecule has 3 nitrogen and oxygen atoms in total. The first-order valence-electron chi connectivity index (χ1n) is 9.28. The zero-order valence-electron chi connectivity index (χ0n) is 16.2. The van der Waals surface area contributed by atoms with E-state index >= 15 is 0 Å². The molecule has 3 aromatic rings. The molecule has 0 amide bonds. The quantitative estimate of drug-likeness (QED) is 0.655. The molecule has 3 rings (SSSR count). The Bertz CT molecular complexity index is 821. The van der Waals surface area contributed by atoms with Crippen LogP contribution in [-0.2, 0) is 16.6 Å². The van der Waals surface area contributed by atoms with Crippen molar-refractivity contribution in [2.75, 3.05) is 0 Å². The minimum Gasteiger partial charge on any atom is -0.405 e. The van der Waals surface area contributed by atoms with Crippen LogP contribution >= 0.6 is 0 Å². The molecule has 0 unspecified atom stereocenters. The molecule has 0 aliphatic rings. The van der Waals surface area contributed by atoms with Gasteiger partial charge in [-0.15, -0.1) is 0 Å². The van der Waals surface area contributed by atoms with E-state index in [1.807, 2.05) is 54.6 Å². The van der Waals surface area contributed by atoms with Gasteiger partial charge in [0.25, 0.3) is 0 Å². The summed E-state index contributed by atoms with van der Waals surface area (Å²) in [4.78, 5) is 4.76. The van der Waals surface area contributed by atoms with Gasteiger partial charge in [0, 0.05) is 0 Å². The fraction of sp³-hybridized carbons (Fsp3) is 0.261. The van der Waals surface area contributed by atoms with Gasteiger partial charge < -0.3 is 9.53 Å². The highest BCUT2D eigenvalue weighted by molar-refractivity contribution is 6.32. The van der Waals surface area contributed by atoms with E-state index in [1.54, 1.807) is 0 Å². The molecule has 27 heavy (non-hydrogen) atoms. The van der Waals surface area contributed by atoms with Crippen LogP contribution in [0, 0.1) is 0 Å². The van der Waals surface area contributed by atoms with E-state index in [-0.39, 0.29) is 11.6 Å². The number of aromatic nitrogens is 1. The van der Waals surface area contributed by atoms with Crippen LogP contribution in [0.2, 0.25) is 5.04 Å². The van der Waals surface area contributed by atoms with E-state index in [0.717, 1.165) is 16.8 Å². The van der Waals surface area contributed by atoms with Crippen molar-refractivity contribution in [3.63, 3.8) is 0 Å². The highest BCUT2D eigenvalue weighted by Crippen LogP contribution is 2.41. The third-order valence-corrected chi connectivity index (χ3v) is 5.86. The summed E-state index contributed by atoms with van der Waals surface area (Å²) in [7, 11) is -0.907. The van der Waals surface area contributed by atoms with Gasteiger partial charge in [-0.1, -0.05) is 87.5 Å². The fourth-order valence-corrected chi connectivity index (χ4v) is 4.27. The molecule has 140 valence electrons. The maximum atomic E-state index is 9.63. The summed E-state index contributed by atoms with van der Waals surface area (Å²) in [6, 6.07) is 26.3. The van der Waals surface area contributed by atoms with Gasteiger partial charge >= 0.3 is 0 Å². The van der Waals surface area contributed by atoms with Crippen molar-refractivity contribution >= 4 is 9.76 Å². The van der Waals surface area contributed by atoms with Gasteiger partial charge in [-0.2, -0.15) is 0 Å². The van der Waals surface area contributed by atoms with Gasteiger partial charge in [-0.3, -0.25) is 4.98 Å². The number of hydrogen-bond acceptors (Lipinski definition) is 3. The maximum absolute atomic E-state index is 9.63. The molecule has 0 aliphatic heterocycles. The third kappa shape index (κ3) is 4.35. The predicted molar refractivity (Wildman–Crippen MR) is 112 cm³/mol. The van der Waals surface area contributed by atoms with Gasteiger partial charge in [0.1, 0.15) is 5.60 Å². The van der Waals surface area contributed by atoms with Crippen LogP contribution in [0.3, 0.4) is 0 Å². The first-order valence-corrected chi connectivity index (χ1v) is 10.6. The molecule has 4 heteroatoms. The zero-order valence-corrected chi connectivity index (χ0v) is 17.6. The van der Waals surface area contributed by atoms with Crippen LogP contribution in [-0.4, -0.2) is 19.9 Å². The second-order valence-corrected chi connectivity index (χ2v) is 10.6. The predicted octanol–water partition coefficient (Wildman–Crippen LogP) is 4.18. The highest BCUT2D eigenvalue weighted by atomic mass is 28.2. The molecule has 1 N–H and O–H groups in total. The highest BCUT2D eigenvalue weighted by Gasteiger charge is 2.39. The van der Waals surface area contributed by atoms with Gasteiger partial charge in [0.05, 0.1) is 18.0 Å². The molecule has 2 aromatic carbocycles. The standard InChI is InChI=1S/C23H27NO2Si/c1-22(2,3)27-26-23(18-11-6-4-7-12-18,19-13-8-5-9-14-19)21-16-10-15-20(17-25)24-21/h4-16,25H,17,27H2,1-3H3. The minimum absolute atomic E-state index is 0.0931. The normalized spacial score (nSPS) is 12.6.